The first-order valence-electron chi connectivity index (χ1n) is 9.63. The summed E-state index contributed by atoms with van der Waals surface area (Å²) in [5.74, 6) is 0.902. The van der Waals surface area contributed by atoms with Crippen LogP contribution in [0.25, 0.3) is 0 Å². The zero-order valence-electron chi connectivity index (χ0n) is 16.7. The summed E-state index contributed by atoms with van der Waals surface area (Å²) in [7, 11) is 0. The van der Waals surface area contributed by atoms with E-state index in [1.807, 2.05) is 55.5 Å². The Morgan fingerprint density at radius 3 is 2.29 bits per heavy atom. The molecule has 6 nitrogen and oxygen atoms in total. The number of nitrogens with one attached hydrogen (secondary N) is 3. The first kappa shape index (κ1) is 21.3. The highest BCUT2D eigenvalue weighted by molar-refractivity contribution is 5.95. The monoisotopic (exact) mass is 383 g/mol. The number of amides is 2. The van der Waals surface area contributed by atoms with Gasteiger partial charge in [-0.1, -0.05) is 32.9 Å². The minimum absolute atomic E-state index is 0.000868. The summed E-state index contributed by atoms with van der Waals surface area (Å²) in [6, 6.07) is 14.7. The van der Waals surface area contributed by atoms with Gasteiger partial charge in [0.25, 0.3) is 0 Å². The largest absolute Gasteiger partial charge is 0.491 e. The average Bonchev–Trinajstić information content (AvgIpc) is 2.67. The smallest absolute Gasteiger partial charge is 0.243 e. The van der Waals surface area contributed by atoms with E-state index >= 15 is 0 Å². The summed E-state index contributed by atoms with van der Waals surface area (Å²) < 4.78 is 5.75. The van der Waals surface area contributed by atoms with Crippen LogP contribution in [0.4, 0.5) is 17.1 Å². The van der Waals surface area contributed by atoms with Gasteiger partial charge in [-0.25, -0.2) is 0 Å². The molecule has 2 aromatic carbocycles. The molecule has 0 bridgehead atoms. The fraction of sp³-hybridized carbons (Fsp3) is 0.364. The van der Waals surface area contributed by atoms with Gasteiger partial charge in [0.2, 0.25) is 11.8 Å². The van der Waals surface area contributed by atoms with Crippen LogP contribution < -0.4 is 20.7 Å². The Morgan fingerprint density at radius 1 is 0.929 bits per heavy atom. The molecule has 28 heavy (non-hydrogen) atoms. The predicted molar refractivity (Wildman–Crippen MR) is 114 cm³/mol. The van der Waals surface area contributed by atoms with Crippen molar-refractivity contribution in [2.45, 2.75) is 33.6 Å². The maximum Gasteiger partial charge on any atom is 0.243 e. The third kappa shape index (κ3) is 7.31. The zero-order valence-corrected chi connectivity index (χ0v) is 16.7. The number of rotatable bonds is 10. The molecular weight excluding hydrogens is 354 g/mol. The van der Waals surface area contributed by atoms with Crippen LogP contribution in [0.15, 0.2) is 48.5 Å². The molecule has 0 aromatic heterocycles. The van der Waals surface area contributed by atoms with Crippen molar-refractivity contribution in [2.75, 3.05) is 29.1 Å². The van der Waals surface area contributed by atoms with Crippen LogP contribution in [-0.4, -0.2) is 25.0 Å². The Labute approximate surface area is 166 Å². The second-order valence-corrected chi connectivity index (χ2v) is 6.98. The predicted octanol–water partition coefficient (Wildman–Crippen LogP) is 4.51. The molecule has 0 aliphatic carbocycles. The molecule has 0 aliphatic heterocycles. The van der Waals surface area contributed by atoms with Crippen LogP contribution in [0.5, 0.6) is 5.75 Å². The zero-order chi connectivity index (χ0) is 20.4. The van der Waals surface area contributed by atoms with E-state index in [1.54, 1.807) is 0 Å². The van der Waals surface area contributed by atoms with Crippen LogP contribution >= 0.6 is 0 Å². The number of ether oxygens (including phenoxy) is 1. The summed E-state index contributed by atoms with van der Waals surface area (Å²) in [5.41, 5.74) is 2.20. The van der Waals surface area contributed by atoms with Gasteiger partial charge in [-0.2, -0.15) is 0 Å². The van der Waals surface area contributed by atoms with E-state index in [4.69, 9.17) is 4.74 Å². The second kappa shape index (κ2) is 11.0. The van der Waals surface area contributed by atoms with E-state index in [-0.39, 0.29) is 18.4 Å². The Hall–Kier alpha value is -3.02. The van der Waals surface area contributed by atoms with E-state index < -0.39 is 0 Å². The van der Waals surface area contributed by atoms with Crippen molar-refractivity contribution in [3.63, 3.8) is 0 Å². The highest BCUT2D eigenvalue weighted by Gasteiger charge is 2.08. The average molecular weight is 383 g/mol. The fourth-order valence-corrected chi connectivity index (χ4v) is 2.45. The number of carbonyl (C=O) groups excluding carboxylic acids is 2. The van der Waals surface area contributed by atoms with Gasteiger partial charge in [-0.05, 0) is 48.7 Å². The van der Waals surface area contributed by atoms with E-state index in [9.17, 15) is 9.59 Å². The van der Waals surface area contributed by atoms with Crippen molar-refractivity contribution in [1.29, 1.82) is 0 Å². The minimum Gasteiger partial charge on any atom is -0.491 e. The molecule has 0 saturated carbocycles. The molecule has 2 aromatic rings. The third-order valence-electron chi connectivity index (χ3n) is 3.83. The molecule has 0 saturated heterocycles. The van der Waals surface area contributed by atoms with E-state index in [0.717, 1.165) is 17.8 Å². The fourth-order valence-electron chi connectivity index (χ4n) is 2.45. The molecule has 6 heteroatoms. The van der Waals surface area contributed by atoms with Crippen molar-refractivity contribution in [2.24, 2.45) is 5.92 Å². The molecule has 0 radical (unpaired) electrons. The van der Waals surface area contributed by atoms with Gasteiger partial charge in [0.15, 0.2) is 0 Å². The quantitative estimate of drug-likeness (QED) is 0.564. The van der Waals surface area contributed by atoms with Crippen molar-refractivity contribution < 1.29 is 14.3 Å². The number of para-hydroxylation sites is 2. The highest BCUT2D eigenvalue weighted by Crippen LogP contribution is 2.24. The van der Waals surface area contributed by atoms with Gasteiger partial charge in [-0.3, -0.25) is 9.59 Å². The van der Waals surface area contributed by atoms with Crippen LogP contribution in [0.3, 0.4) is 0 Å². The molecule has 0 spiro atoms. The van der Waals surface area contributed by atoms with Crippen molar-refractivity contribution in [1.82, 2.24) is 0 Å². The summed E-state index contributed by atoms with van der Waals surface area (Å²) in [5, 5.41) is 8.78. The molecule has 0 fully saturated rings. The first-order valence-corrected chi connectivity index (χ1v) is 9.63. The summed E-state index contributed by atoms with van der Waals surface area (Å²) in [6.45, 7) is 6.83. The van der Waals surface area contributed by atoms with E-state index in [2.05, 4.69) is 29.8 Å². The first-order chi connectivity index (χ1) is 13.5. The van der Waals surface area contributed by atoms with E-state index in [1.165, 1.54) is 0 Å². The van der Waals surface area contributed by atoms with Crippen molar-refractivity contribution >= 4 is 28.9 Å². The lowest BCUT2D eigenvalue weighted by Crippen LogP contribution is -2.22. The number of carbonyl (C=O) groups is 2. The summed E-state index contributed by atoms with van der Waals surface area (Å²) in [6.07, 6.45) is 1.31. The molecular formula is C22H29N3O3. The van der Waals surface area contributed by atoms with E-state index in [0.29, 0.717) is 30.4 Å². The van der Waals surface area contributed by atoms with Crippen molar-refractivity contribution in [3.05, 3.63) is 48.5 Å². The maximum atomic E-state index is 12.3. The molecule has 2 amide bonds. The number of benzene rings is 2. The van der Waals surface area contributed by atoms with Crippen molar-refractivity contribution in [3.8, 4) is 5.75 Å². The molecule has 0 unspecified atom stereocenters. The van der Waals surface area contributed by atoms with Gasteiger partial charge in [0.1, 0.15) is 5.75 Å². The molecule has 0 heterocycles. The number of anilines is 3. The maximum absolute atomic E-state index is 12.3. The highest BCUT2D eigenvalue weighted by atomic mass is 16.5. The van der Waals surface area contributed by atoms with Crippen LogP contribution in [-0.2, 0) is 9.59 Å². The molecule has 150 valence electrons. The molecule has 2 rings (SSSR count). The minimum atomic E-state index is -0.166. The molecule has 3 N–H and O–H groups in total. The topological polar surface area (TPSA) is 79.5 Å². The summed E-state index contributed by atoms with van der Waals surface area (Å²) in [4.78, 5) is 23.9. The van der Waals surface area contributed by atoms with Gasteiger partial charge in [0.05, 0.1) is 18.8 Å². The number of hydrogen-bond donors (Lipinski definition) is 3. The second-order valence-electron chi connectivity index (χ2n) is 6.98. The Kier molecular flexibility index (Phi) is 8.34. The van der Waals surface area contributed by atoms with Gasteiger partial charge < -0.3 is 20.7 Å². The lowest BCUT2D eigenvalue weighted by molar-refractivity contribution is -0.116. The summed E-state index contributed by atoms with van der Waals surface area (Å²) >= 11 is 0. The SMILES string of the molecule is CCCC(=O)Nc1ccc(NCC(=O)Nc2ccccc2OCC(C)C)cc1. The normalized spacial score (nSPS) is 10.4. The molecule has 0 aliphatic rings. The lowest BCUT2D eigenvalue weighted by atomic mass is 10.2. The van der Waals surface area contributed by atoms with Gasteiger partial charge >= 0.3 is 0 Å². The van der Waals surface area contributed by atoms with Crippen LogP contribution in [0.2, 0.25) is 0 Å². The Morgan fingerprint density at radius 2 is 1.61 bits per heavy atom. The van der Waals surface area contributed by atoms with Gasteiger partial charge in [0, 0.05) is 17.8 Å². The van der Waals surface area contributed by atoms with Crippen LogP contribution in [0.1, 0.15) is 33.6 Å². The lowest BCUT2D eigenvalue weighted by Gasteiger charge is -2.14. The Balaban J connectivity index is 1.85. The molecule has 0 atom stereocenters. The third-order valence-corrected chi connectivity index (χ3v) is 3.83. The van der Waals surface area contributed by atoms with Crippen LogP contribution in [0, 0.1) is 5.92 Å². The number of hydrogen-bond acceptors (Lipinski definition) is 4. The standard InChI is InChI=1S/C22H29N3O3/c1-4-7-21(26)24-18-12-10-17(11-13-18)23-14-22(27)25-19-8-5-6-9-20(19)28-15-16(2)3/h5-6,8-13,16,23H,4,7,14-15H2,1-3H3,(H,24,26)(H,25,27). The van der Waals surface area contributed by atoms with Gasteiger partial charge in [-0.15, -0.1) is 0 Å². The Bertz CT molecular complexity index is 773.